The number of ether oxygens (including phenoxy) is 3. The Balaban J connectivity index is 1.49. The number of nitrogens with zero attached hydrogens (tertiary/aromatic N) is 2. The minimum absolute atomic E-state index is 0.306. The lowest BCUT2D eigenvalue weighted by atomic mass is 10.1. The summed E-state index contributed by atoms with van der Waals surface area (Å²) >= 11 is 1.34. The molecular formula is C25H27N3O5S. The fourth-order valence-electron chi connectivity index (χ4n) is 3.64. The van der Waals surface area contributed by atoms with Crippen LogP contribution in [0.15, 0.2) is 41.8 Å². The first-order valence-corrected chi connectivity index (χ1v) is 11.7. The average Bonchev–Trinajstić information content (AvgIpc) is 3.44. The molecule has 0 aliphatic carbocycles. The number of thiazole rings is 1. The van der Waals surface area contributed by atoms with Gasteiger partial charge in [-0.05, 0) is 57.0 Å². The summed E-state index contributed by atoms with van der Waals surface area (Å²) in [4.78, 5) is 31.5. The predicted molar refractivity (Wildman–Crippen MR) is 132 cm³/mol. The molecule has 1 aliphatic heterocycles. The molecule has 4 rings (SSSR count). The van der Waals surface area contributed by atoms with Gasteiger partial charge in [0.25, 0.3) is 5.91 Å². The summed E-state index contributed by atoms with van der Waals surface area (Å²) in [6.45, 7) is 6.15. The third-order valence-electron chi connectivity index (χ3n) is 5.22. The van der Waals surface area contributed by atoms with Crippen LogP contribution in [0.3, 0.4) is 0 Å². The molecule has 2 aromatic carbocycles. The van der Waals surface area contributed by atoms with E-state index in [1.165, 1.54) is 25.6 Å². The van der Waals surface area contributed by atoms with Crippen LogP contribution >= 0.6 is 11.3 Å². The van der Waals surface area contributed by atoms with Crippen LogP contribution in [-0.2, 0) is 11.2 Å². The van der Waals surface area contributed by atoms with Crippen LogP contribution in [0.2, 0.25) is 0 Å². The van der Waals surface area contributed by atoms with Crippen LogP contribution < -0.4 is 19.7 Å². The Hall–Kier alpha value is -3.59. The van der Waals surface area contributed by atoms with Gasteiger partial charge in [-0.1, -0.05) is 6.07 Å². The molecule has 34 heavy (non-hydrogen) atoms. The van der Waals surface area contributed by atoms with Gasteiger partial charge in [0.1, 0.15) is 17.1 Å². The third-order valence-corrected chi connectivity index (χ3v) is 5.98. The van der Waals surface area contributed by atoms with Gasteiger partial charge in [-0.3, -0.25) is 15.0 Å². The quantitative estimate of drug-likeness (QED) is 0.526. The smallest absolute Gasteiger partial charge is 0.414 e. The lowest BCUT2D eigenvalue weighted by molar-refractivity contribution is 0.0584. The fraction of sp³-hybridized carbons (Fsp3) is 0.320. The van der Waals surface area contributed by atoms with Gasteiger partial charge in [0, 0.05) is 29.1 Å². The van der Waals surface area contributed by atoms with Gasteiger partial charge < -0.3 is 14.2 Å². The zero-order valence-electron chi connectivity index (χ0n) is 19.8. The molecular weight excluding hydrogens is 454 g/mol. The van der Waals surface area contributed by atoms with Gasteiger partial charge in [-0.2, -0.15) is 0 Å². The minimum atomic E-state index is -0.544. The predicted octanol–water partition coefficient (Wildman–Crippen LogP) is 5.38. The van der Waals surface area contributed by atoms with E-state index in [0.717, 1.165) is 28.9 Å². The van der Waals surface area contributed by atoms with Crippen molar-refractivity contribution in [2.45, 2.75) is 32.8 Å². The fourth-order valence-corrected chi connectivity index (χ4v) is 4.35. The molecule has 0 radical (unpaired) electrons. The molecule has 9 heteroatoms. The molecule has 3 aromatic rings. The second-order valence-corrected chi connectivity index (χ2v) is 9.68. The molecule has 0 atom stereocenters. The van der Waals surface area contributed by atoms with Crippen LogP contribution in [0.25, 0.3) is 11.3 Å². The molecule has 0 spiro atoms. The Bertz CT molecular complexity index is 1210. The van der Waals surface area contributed by atoms with Gasteiger partial charge in [0.05, 0.1) is 25.6 Å². The Morgan fingerprint density at radius 3 is 2.41 bits per heavy atom. The molecule has 0 bridgehead atoms. The van der Waals surface area contributed by atoms with E-state index in [4.69, 9.17) is 14.2 Å². The molecule has 1 N–H and O–H groups in total. The maximum absolute atomic E-state index is 12.7. The SMILES string of the molecule is COc1cc(OC)cc(C(=O)Nc2nc(-c3ccc4c(c3)CCN4C(=O)OC(C)(C)C)cs2)c1. The number of aromatic nitrogens is 1. The van der Waals surface area contributed by atoms with Crippen LogP contribution in [0.1, 0.15) is 36.7 Å². The number of benzene rings is 2. The molecule has 0 saturated heterocycles. The molecule has 0 unspecified atom stereocenters. The number of methoxy groups -OCH3 is 2. The number of nitrogens with one attached hydrogen (secondary N) is 1. The van der Waals surface area contributed by atoms with Crippen LogP contribution in [0.4, 0.5) is 15.6 Å². The highest BCUT2D eigenvalue weighted by Gasteiger charge is 2.29. The Kier molecular flexibility index (Phi) is 6.47. The first-order chi connectivity index (χ1) is 16.2. The van der Waals surface area contributed by atoms with Gasteiger partial charge >= 0.3 is 6.09 Å². The largest absolute Gasteiger partial charge is 0.497 e. The van der Waals surface area contributed by atoms with Crippen molar-refractivity contribution in [1.29, 1.82) is 0 Å². The number of rotatable bonds is 5. The second-order valence-electron chi connectivity index (χ2n) is 8.82. The van der Waals surface area contributed by atoms with Crippen LogP contribution in [-0.4, -0.2) is 43.3 Å². The first kappa shape index (κ1) is 23.6. The van der Waals surface area contributed by atoms with E-state index in [1.54, 1.807) is 23.1 Å². The van der Waals surface area contributed by atoms with E-state index in [9.17, 15) is 9.59 Å². The van der Waals surface area contributed by atoms with E-state index in [-0.39, 0.29) is 12.0 Å². The first-order valence-electron chi connectivity index (χ1n) is 10.8. The van der Waals surface area contributed by atoms with Crippen molar-refractivity contribution < 1.29 is 23.8 Å². The summed E-state index contributed by atoms with van der Waals surface area (Å²) in [5.41, 5.74) is 3.45. The van der Waals surface area contributed by atoms with E-state index in [0.29, 0.717) is 28.7 Å². The number of amides is 2. The molecule has 1 aromatic heterocycles. The Morgan fingerprint density at radius 2 is 1.76 bits per heavy atom. The lowest BCUT2D eigenvalue weighted by Gasteiger charge is -2.24. The average molecular weight is 482 g/mol. The number of hydrogen-bond donors (Lipinski definition) is 1. The second kappa shape index (κ2) is 9.34. The maximum Gasteiger partial charge on any atom is 0.414 e. The Labute approximate surface area is 202 Å². The normalized spacial score (nSPS) is 12.8. The number of carbonyl (C=O) groups excluding carboxylic acids is 2. The van der Waals surface area contributed by atoms with Crippen molar-refractivity contribution in [3.05, 3.63) is 52.9 Å². The van der Waals surface area contributed by atoms with Gasteiger partial charge in [-0.25, -0.2) is 9.78 Å². The zero-order chi connectivity index (χ0) is 24.5. The minimum Gasteiger partial charge on any atom is -0.497 e. The van der Waals surface area contributed by atoms with Gasteiger partial charge in [0.2, 0.25) is 0 Å². The molecule has 2 amide bonds. The van der Waals surface area contributed by atoms with E-state index in [2.05, 4.69) is 10.3 Å². The van der Waals surface area contributed by atoms with Crippen molar-refractivity contribution in [1.82, 2.24) is 4.98 Å². The van der Waals surface area contributed by atoms with Crippen LogP contribution in [0, 0.1) is 0 Å². The van der Waals surface area contributed by atoms with E-state index in [1.807, 2.05) is 44.4 Å². The highest BCUT2D eigenvalue weighted by atomic mass is 32.1. The highest BCUT2D eigenvalue weighted by molar-refractivity contribution is 7.14. The molecule has 8 nitrogen and oxygen atoms in total. The summed E-state index contributed by atoms with van der Waals surface area (Å²) in [6, 6.07) is 10.9. The Morgan fingerprint density at radius 1 is 1.06 bits per heavy atom. The maximum atomic E-state index is 12.7. The number of hydrogen-bond acceptors (Lipinski definition) is 7. The summed E-state index contributed by atoms with van der Waals surface area (Å²) in [5.74, 6) is 0.755. The molecule has 2 heterocycles. The number of anilines is 2. The summed E-state index contributed by atoms with van der Waals surface area (Å²) in [7, 11) is 3.07. The summed E-state index contributed by atoms with van der Waals surface area (Å²) in [6.07, 6.45) is 0.403. The molecule has 0 saturated carbocycles. The van der Waals surface area contributed by atoms with Gasteiger partial charge in [-0.15, -0.1) is 11.3 Å². The van der Waals surface area contributed by atoms with Crippen molar-refractivity contribution in [3.63, 3.8) is 0 Å². The summed E-state index contributed by atoms with van der Waals surface area (Å²) < 4.78 is 16.0. The zero-order valence-corrected chi connectivity index (χ0v) is 20.6. The van der Waals surface area contributed by atoms with Crippen molar-refractivity contribution in [2.24, 2.45) is 0 Å². The van der Waals surface area contributed by atoms with Crippen molar-refractivity contribution in [3.8, 4) is 22.8 Å². The van der Waals surface area contributed by atoms with E-state index < -0.39 is 5.60 Å². The van der Waals surface area contributed by atoms with Crippen molar-refractivity contribution in [2.75, 3.05) is 31.0 Å². The monoisotopic (exact) mass is 481 g/mol. The third kappa shape index (κ3) is 5.14. The molecule has 178 valence electrons. The van der Waals surface area contributed by atoms with Crippen LogP contribution in [0.5, 0.6) is 11.5 Å². The summed E-state index contributed by atoms with van der Waals surface area (Å²) in [5, 5.41) is 5.21. The van der Waals surface area contributed by atoms with Gasteiger partial charge in [0.15, 0.2) is 5.13 Å². The topological polar surface area (TPSA) is 90.0 Å². The number of fused-ring (bicyclic) bond motifs is 1. The lowest BCUT2D eigenvalue weighted by Crippen LogP contribution is -2.35. The van der Waals surface area contributed by atoms with E-state index >= 15 is 0 Å². The standard InChI is InChI=1S/C25H27N3O5S/c1-25(2,3)33-24(30)28-9-8-16-10-15(6-7-21(16)28)20-14-34-23(26-20)27-22(29)17-11-18(31-4)13-19(12-17)32-5/h6-7,10-14H,8-9H2,1-5H3,(H,26,27,29). The van der Waals surface area contributed by atoms with Crippen molar-refractivity contribution >= 4 is 34.2 Å². The molecule has 0 fully saturated rings. The molecule has 1 aliphatic rings. The number of carbonyl (C=O) groups is 2. The highest BCUT2D eigenvalue weighted by Crippen LogP contribution is 2.34.